The number of aryl methyl sites for hydroxylation is 1. The van der Waals surface area contributed by atoms with E-state index in [9.17, 15) is 0 Å². The van der Waals surface area contributed by atoms with Crippen LogP contribution in [0.15, 0.2) is 6.20 Å². The maximum atomic E-state index is 5.98. The van der Waals surface area contributed by atoms with Gasteiger partial charge in [0.2, 0.25) is 0 Å². The van der Waals surface area contributed by atoms with Crippen LogP contribution in [0, 0.1) is 0 Å². The Morgan fingerprint density at radius 1 is 1.16 bits per heavy atom. The number of fused-ring (bicyclic) bond motifs is 1. The van der Waals surface area contributed by atoms with Gasteiger partial charge < -0.3 is 5.73 Å². The summed E-state index contributed by atoms with van der Waals surface area (Å²) in [5.41, 5.74) is 6.80. The number of aromatic nitrogens is 4. The van der Waals surface area contributed by atoms with Gasteiger partial charge in [-0.1, -0.05) is 12.8 Å². The first-order valence-corrected chi connectivity index (χ1v) is 6.90. The van der Waals surface area contributed by atoms with Crippen molar-refractivity contribution >= 4 is 16.9 Å². The highest BCUT2D eigenvalue weighted by molar-refractivity contribution is 5.84. The third-order valence-electron chi connectivity index (χ3n) is 3.73. The van der Waals surface area contributed by atoms with Crippen molar-refractivity contribution in [3.63, 3.8) is 0 Å². The van der Waals surface area contributed by atoms with E-state index in [2.05, 4.69) is 20.0 Å². The van der Waals surface area contributed by atoms with E-state index in [1.165, 1.54) is 25.7 Å². The molecule has 1 aliphatic heterocycles. The van der Waals surface area contributed by atoms with Gasteiger partial charge in [-0.2, -0.15) is 5.10 Å². The minimum absolute atomic E-state index is 0.530. The van der Waals surface area contributed by atoms with Crippen molar-refractivity contribution in [2.45, 2.75) is 32.2 Å². The van der Waals surface area contributed by atoms with Gasteiger partial charge in [-0.05, 0) is 25.9 Å². The molecule has 6 nitrogen and oxygen atoms in total. The normalized spacial score (nSPS) is 17.7. The molecule has 102 valence electrons. The maximum Gasteiger partial charge on any atom is 0.163 e. The van der Waals surface area contributed by atoms with E-state index in [4.69, 9.17) is 5.73 Å². The van der Waals surface area contributed by atoms with Crippen LogP contribution in [-0.2, 0) is 13.6 Å². The smallest absolute Gasteiger partial charge is 0.163 e. The highest BCUT2D eigenvalue weighted by atomic mass is 15.3. The highest BCUT2D eigenvalue weighted by Gasteiger charge is 2.14. The summed E-state index contributed by atoms with van der Waals surface area (Å²) in [5, 5.41) is 5.02. The van der Waals surface area contributed by atoms with E-state index >= 15 is 0 Å². The van der Waals surface area contributed by atoms with Gasteiger partial charge in [0.05, 0.1) is 18.1 Å². The molecule has 19 heavy (non-hydrogen) atoms. The molecule has 0 radical (unpaired) electrons. The molecule has 1 saturated heterocycles. The molecule has 0 aromatic carbocycles. The number of nitrogen functional groups attached to an aromatic ring is 1. The predicted octanol–water partition coefficient (Wildman–Crippen LogP) is 1.32. The molecule has 6 heteroatoms. The molecule has 3 rings (SSSR count). The lowest BCUT2D eigenvalue weighted by atomic mass is 10.2. The summed E-state index contributed by atoms with van der Waals surface area (Å²) in [6, 6.07) is 0. The molecule has 0 saturated carbocycles. The number of anilines is 1. The van der Waals surface area contributed by atoms with Gasteiger partial charge in [0.15, 0.2) is 5.65 Å². The average Bonchev–Trinajstić information content (AvgIpc) is 2.62. The minimum Gasteiger partial charge on any atom is -0.383 e. The molecule has 2 aromatic heterocycles. The van der Waals surface area contributed by atoms with Crippen LogP contribution in [0.1, 0.15) is 31.5 Å². The van der Waals surface area contributed by atoms with Crippen LogP contribution in [0.3, 0.4) is 0 Å². The lowest BCUT2D eigenvalue weighted by Gasteiger charge is -2.18. The van der Waals surface area contributed by atoms with Gasteiger partial charge in [0, 0.05) is 7.05 Å². The second-order valence-electron chi connectivity index (χ2n) is 5.22. The fraction of sp³-hybridized carbons (Fsp3) is 0.615. The lowest BCUT2D eigenvalue weighted by molar-refractivity contribution is 0.270. The van der Waals surface area contributed by atoms with E-state index in [1.807, 2.05) is 7.05 Å². The van der Waals surface area contributed by atoms with Crippen LogP contribution in [0.4, 0.5) is 5.82 Å². The van der Waals surface area contributed by atoms with Crippen LogP contribution in [-0.4, -0.2) is 37.7 Å². The zero-order valence-corrected chi connectivity index (χ0v) is 11.3. The maximum absolute atomic E-state index is 5.98. The van der Waals surface area contributed by atoms with Gasteiger partial charge in [0.1, 0.15) is 11.6 Å². The number of nitrogens with two attached hydrogens (primary N) is 1. The van der Waals surface area contributed by atoms with Gasteiger partial charge in [-0.25, -0.2) is 9.97 Å². The standard InChI is InChI=1S/C13H20N6/c1-18-13-10(8-15-18)12(14)16-11(17-13)9-19-6-4-2-3-5-7-19/h8H,2-7,9H2,1H3,(H2,14,16,17). The van der Waals surface area contributed by atoms with Crippen LogP contribution in [0.5, 0.6) is 0 Å². The predicted molar refractivity (Wildman–Crippen MR) is 74.5 cm³/mol. The van der Waals surface area contributed by atoms with Crippen LogP contribution in [0.25, 0.3) is 11.0 Å². The van der Waals surface area contributed by atoms with E-state index < -0.39 is 0 Å². The zero-order chi connectivity index (χ0) is 13.2. The Morgan fingerprint density at radius 2 is 1.89 bits per heavy atom. The van der Waals surface area contributed by atoms with Gasteiger partial charge >= 0.3 is 0 Å². The SMILES string of the molecule is Cn1ncc2c(N)nc(CN3CCCCCC3)nc21. The molecule has 2 aromatic rings. The van der Waals surface area contributed by atoms with E-state index in [0.717, 1.165) is 36.5 Å². The largest absolute Gasteiger partial charge is 0.383 e. The quantitative estimate of drug-likeness (QED) is 0.881. The molecular formula is C13H20N6. The van der Waals surface area contributed by atoms with Crippen molar-refractivity contribution in [3.05, 3.63) is 12.0 Å². The molecule has 1 aliphatic rings. The number of hydrogen-bond donors (Lipinski definition) is 1. The van der Waals surface area contributed by atoms with E-state index in [0.29, 0.717) is 5.82 Å². The summed E-state index contributed by atoms with van der Waals surface area (Å²) in [7, 11) is 1.88. The molecule has 3 heterocycles. The first-order valence-electron chi connectivity index (χ1n) is 6.90. The van der Waals surface area contributed by atoms with Crippen LogP contribution in [0.2, 0.25) is 0 Å². The first-order chi connectivity index (χ1) is 9.24. The van der Waals surface area contributed by atoms with Gasteiger partial charge in [-0.3, -0.25) is 9.58 Å². The highest BCUT2D eigenvalue weighted by Crippen LogP contribution is 2.18. The second kappa shape index (κ2) is 5.13. The Hall–Kier alpha value is -1.69. The fourth-order valence-electron chi connectivity index (χ4n) is 2.66. The van der Waals surface area contributed by atoms with Crippen molar-refractivity contribution in [1.29, 1.82) is 0 Å². The summed E-state index contributed by atoms with van der Waals surface area (Å²) in [6.07, 6.45) is 6.92. The number of nitrogens with zero attached hydrogens (tertiary/aromatic N) is 5. The molecule has 0 atom stereocenters. The third-order valence-corrected chi connectivity index (χ3v) is 3.73. The van der Waals surface area contributed by atoms with Gasteiger partial charge in [-0.15, -0.1) is 0 Å². The molecule has 0 bridgehead atoms. The molecule has 2 N–H and O–H groups in total. The molecular weight excluding hydrogens is 240 g/mol. The Morgan fingerprint density at radius 3 is 2.63 bits per heavy atom. The number of likely N-dealkylation sites (tertiary alicyclic amines) is 1. The van der Waals surface area contributed by atoms with Gasteiger partial charge in [0.25, 0.3) is 0 Å². The Balaban J connectivity index is 1.85. The molecule has 1 fully saturated rings. The van der Waals surface area contributed by atoms with Crippen molar-refractivity contribution in [2.24, 2.45) is 7.05 Å². The lowest BCUT2D eigenvalue weighted by Crippen LogP contribution is -2.25. The van der Waals surface area contributed by atoms with Crippen molar-refractivity contribution in [3.8, 4) is 0 Å². The zero-order valence-electron chi connectivity index (χ0n) is 11.3. The Bertz CT molecular complexity index is 568. The monoisotopic (exact) mass is 260 g/mol. The Kier molecular flexibility index (Phi) is 3.33. The van der Waals surface area contributed by atoms with E-state index in [1.54, 1.807) is 10.9 Å². The number of hydrogen-bond acceptors (Lipinski definition) is 5. The molecule has 0 unspecified atom stereocenters. The fourth-order valence-corrected chi connectivity index (χ4v) is 2.66. The third kappa shape index (κ3) is 2.53. The summed E-state index contributed by atoms with van der Waals surface area (Å²) in [4.78, 5) is 11.4. The summed E-state index contributed by atoms with van der Waals surface area (Å²) >= 11 is 0. The second-order valence-corrected chi connectivity index (χ2v) is 5.22. The van der Waals surface area contributed by atoms with Crippen LogP contribution < -0.4 is 5.73 Å². The topological polar surface area (TPSA) is 72.9 Å². The van der Waals surface area contributed by atoms with E-state index in [-0.39, 0.29) is 0 Å². The van der Waals surface area contributed by atoms with Crippen LogP contribution >= 0.6 is 0 Å². The summed E-state index contributed by atoms with van der Waals surface area (Å²) < 4.78 is 1.75. The average molecular weight is 260 g/mol. The van der Waals surface area contributed by atoms with Crippen molar-refractivity contribution in [1.82, 2.24) is 24.6 Å². The van der Waals surface area contributed by atoms with Crippen molar-refractivity contribution in [2.75, 3.05) is 18.8 Å². The minimum atomic E-state index is 0.530. The molecule has 0 amide bonds. The first kappa shape index (κ1) is 12.3. The Labute approximate surface area is 112 Å². The summed E-state index contributed by atoms with van der Waals surface area (Å²) in [6.45, 7) is 3.05. The summed E-state index contributed by atoms with van der Waals surface area (Å²) in [5.74, 6) is 1.33. The number of rotatable bonds is 2. The molecule has 0 aliphatic carbocycles. The molecule has 0 spiro atoms. The van der Waals surface area contributed by atoms with Crippen molar-refractivity contribution < 1.29 is 0 Å².